The molecule has 27 nitrogen and oxygen atoms in total. The van der Waals surface area contributed by atoms with Crippen LogP contribution in [0.5, 0.6) is 5.75 Å². The van der Waals surface area contributed by atoms with Crippen molar-refractivity contribution in [3.05, 3.63) is 65.9 Å². The standard InChI is InChI=1S/C58H84N12O15/c1-4-34(2)52(57(84)65-35(3)16-11-9-7-5-6-8-10-12-20-50(76)77)69-49(75)32-62-47(73)31-63-54(81)42(26-36-21-23-38(71)24-22-36)67-55(82)43(29-51(78)79)66-48(74)33-64-56(83)45-19-15-25-70(45)58(85)44(28-46(60)72)68-53(80)40(59)27-37-30-61-41-18-14-13-17-39(37)41/h13-14,17-18,21-24,30,34-35,40,42-45,52,61,71H,4-12,15-16,19-20,25-29,31-33,59H2,1-3H3,(H2,60,72)(H,62,73)(H,63,81)(H,64,83)(H,65,84)(H,66,74)(H,67,82)(H,68,80)(H,69,75)(H,76,77)(H,78,79)/t34-,35-,40-,42-,43-,44-,45-,52-/m0/s1. The van der Waals surface area contributed by atoms with Crippen LogP contribution < -0.4 is 54.0 Å². The summed E-state index contributed by atoms with van der Waals surface area (Å²) in [5.74, 6) is -11.0. The van der Waals surface area contributed by atoms with Crippen molar-refractivity contribution < 1.29 is 72.9 Å². The van der Waals surface area contributed by atoms with Crippen LogP contribution in [0.15, 0.2) is 54.7 Å². The molecule has 0 spiro atoms. The van der Waals surface area contributed by atoms with E-state index in [1.807, 2.05) is 38.1 Å². The molecule has 1 saturated heterocycles. The number of carboxylic acids is 2. The minimum absolute atomic E-state index is 0.0307. The first-order valence-corrected chi connectivity index (χ1v) is 28.9. The molecule has 2 heterocycles. The Labute approximate surface area is 493 Å². The summed E-state index contributed by atoms with van der Waals surface area (Å²) >= 11 is 0. The highest BCUT2D eigenvalue weighted by Gasteiger charge is 2.39. The van der Waals surface area contributed by atoms with Crippen LogP contribution >= 0.6 is 0 Å². The maximum atomic E-state index is 13.9. The van der Waals surface area contributed by atoms with Crippen LogP contribution in [-0.2, 0) is 70.4 Å². The number of carbonyl (C=O) groups excluding carboxylic acids is 10. The Morgan fingerprint density at radius 1 is 0.647 bits per heavy atom. The summed E-state index contributed by atoms with van der Waals surface area (Å²) in [5.41, 5.74) is 13.6. The fourth-order valence-electron chi connectivity index (χ4n) is 9.73. The molecule has 1 aliphatic heterocycles. The number of unbranched alkanes of at least 4 members (excludes halogenated alkanes) is 7. The van der Waals surface area contributed by atoms with Crippen molar-refractivity contribution in [3.63, 3.8) is 0 Å². The number of benzene rings is 2. The lowest BCUT2D eigenvalue weighted by molar-refractivity contribution is -0.143. The van der Waals surface area contributed by atoms with Gasteiger partial charge in [0.25, 0.3) is 0 Å². The summed E-state index contributed by atoms with van der Waals surface area (Å²) in [6, 6.07) is 4.61. The summed E-state index contributed by atoms with van der Waals surface area (Å²) in [4.78, 5) is 160. The van der Waals surface area contributed by atoms with Gasteiger partial charge in [0.2, 0.25) is 59.1 Å². The predicted molar refractivity (Wildman–Crippen MR) is 310 cm³/mol. The van der Waals surface area contributed by atoms with Gasteiger partial charge in [-0.3, -0.25) is 57.5 Å². The number of phenols is 1. The topological polar surface area (TPSA) is 433 Å². The first-order chi connectivity index (χ1) is 40.4. The quantitative estimate of drug-likeness (QED) is 0.0340. The predicted octanol–water partition coefficient (Wildman–Crippen LogP) is 0.151. The van der Waals surface area contributed by atoms with E-state index in [-0.39, 0.29) is 55.8 Å². The molecule has 10 amide bonds. The molecule has 0 bridgehead atoms. The Bertz CT molecular complexity index is 2790. The minimum Gasteiger partial charge on any atom is -0.508 e. The first kappa shape index (κ1) is 68.9. The number of nitrogens with two attached hydrogens (primary N) is 2. The van der Waals surface area contributed by atoms with Gasteiger partial charge in [0.1, 0.15) is 36.0 Å². The number of phenolic OH excluding ortho intramolecular Hbond substituents is 1. The van der Waals surface area contributed by atoms with Gasteiger partial charge in [-0.2, -0.15) is 0 Å². The van der Waals surface area contributed by atoms with Gasteiger partial charge in [0.15, 0.2) is 0 Å². The molecule has 1 fully saturated rings. The molecular formula is C58H84N12O15. The Morgan fingerprint density at radius 2 is 1.27 bits per heavy atom. The van der Waals surface area contributed by atoms with Crippen molar-refractivity contribution in [1.29, 1.82) is 0 Å². The number of likely N-dealkylation sites (tertiary alicyclic amines) is 1. The van der Waals surface area contributed by atoms with Gasteiger partial charge in [0.05, 0.1) is 38.5 Å². The third kappa shape index (κ3) is 24.2. The maximum Gasteiger partial charge on any atom is 0.305 e. The monoisotopic (exact) mass is 1190 g/mol. The summed E-state index contributed by atoms with van der Waals surface area (Å²) in [7, 11) is 0. The fraction of sp³-hybridized carbons (Fsp3) is 0.552. The fourth-order valence-corrected chi connectivity index (χ4v) is 9.73. The second kappa shape index (κ2) is 35.5. The average molecular weight is 1190 g/mol. The van der Waals surface area contributed by atoms with E-state index in [0.29, 0.717) is 24.8 Å². The first-order valence-electron chi connectivity index (χ1n) is 28.9. The van der Waals surface area contributed by atoms with Crippen LogP contribution in [0.3, 0.4) is 0 Å². The number of fused-ring (bicyclic) bond motifs is 1. The molecule has 85 heavy (non-hydrogen) atoms. The van der Waals surface area contributed by atoms with E-state index in [2.05, 4.69) is 47.5 Å². The van der Waals surface area contributed by atoms with E-state index < -0.39 is 134 Å². The van der Waals surface area contributed by atoms with Crippen LogP contribution in [0, 0.1) is 5.92 Å². The Hall–Kier alpha value is -8.62. The highest BCUT2D eigenvalue weighted by Crippen LogP contribution is 2.22. The third-order valence-electron chi connectivity index (χ3n) is 14.6. The second-order valence-corrected chi connectivity index (χ2v) is 21.6. The number of nitrogens with one attached hydrogen (secondary N) is 9. The number of hydrogen-bond donors (Lipinski definition) is 14. The van der Waals surface area contributed by atoms with E-state index >= 15 is 0 Å². The van der Waals surface area contributed by atoms with Crippen molar-refractivity contribution in [3.8, 4) is 5.75 Å². The Kier molecular flexibility index (Phi) is 28.8. The van der Waals surface area contributed by atoms with Crippen LogP contribution in [0.1, 0.15) is 128 Å². The summed E-state index contributed by atoms with van der Waals surface area (Å²) < 4.78 is 0. The van der Waals surface area contributed by atoms with Crippen LogP contribution in [0.25, 0.3) is 10.9 Å². The number of amides is 10. The molecular weight excluding hydrogens is 1100 g/mol. The number of primary amides is 1. The molecule has 0 unspecified atom stereocenters. The zero-order valence-electron chi connectivity index (χ0n) is 48.5. The molecule has 1 aromatic heterocycles. The summed E-state index contributed by atoms with van der Waals surface area (Å²) in [6.07, 6.45) is 9.35. The van der Waals surface area contributed by atoms with Crippen LogP contribution in [0.2, 0.25) is 0 Å². The Balaban J connectivity index is 1.29. The molecule has 1 aliphatic rings. The second-order valence-electron chi connectivity index (χ2n) is 21.6. The van der Waals surface area contributed by atoms with Crippen molar-refractivity contribution in [2.75, 3.05) is 26.2 Å². The molecule has 0 aliphatic carbocycles. The molecule has 27 heteroatoms. The van der Waals surface area contributed by atoms with Gasteiger partial charge < -0.3 is 79.2 Å². The van der Waals surface area contributed by atoms with Gasteiger partial charge in [-0.05, 0) is 74.3 Å². The number of aromatic amines is 1. The lowest BCUT2D eigenvalue weighted by Gasteiger charge is -2.29. The SMILES string of the molecule is CC[C@H](C)[C@H](NC(=O)CNC(=O)CNC(=O)[C@H](Cc1ccc(O)cc1)NC(=O)[C@H](CC(=O)O)NC(=O)CNC(=O)[C@@H]1CCCN1C(=O)[C@H](CC(N)=O)NC(=O)[C@@H](N)Cc1c[nH]c2ccccc12)C(=O)N[C@@H](C)CCCCCCCCCCC(=O)O. The maximum absolute atomic E-state index is 13.9. The summed E-state index contributed by atoms with van der Waals surface area (Å²) in [6.45, 7) is 3.50. The minimum atomic E-state index is -1.83. The number of H-pyrrole nitrogens is 1. The van der Waals surface area contributed by atoms with Gasteiger partial charge in [-0.25, -0.2) is 0 Å². The zero-order valence-corrected chi connectivity index (χ0v) is 48.5. The van der Waals surface area contributed by atoms with E-state index in [0.717, 1.165) is 72.7 Å². The summed E-state index contributed by atoms with van der Waals surface area (Å²) in [5, 5.41) is 49.1. The van der Waals surface area contributed by atoms with Crippen LogP contribution in [0.4, 0.5) is 0 Å². The number of carboxylic acid groups (broad SMARTS) is 2. The molecule has 8 atom stereocenters. The number of aliphatic carboxylic acids is 2. The number of para-hydroxylation sites is 1. The van der Waals surface area contributed by atoms with Gasteiger partial charge in [-0.1, -0.05) is 95.5 Å². The molecule has 0 radical (unpaired) electrons. The number of carbonyl (C=O) groups is 12. The van der Waals surface area contributed by atoms with E-state index in [9.17, 15) is 67.7 Å². The van der Waals surface area contributed by atoms with Crippen molar-refractivity contribution >= 4 is 81.9 Å². The highest BCUT2D eigenvalue weighted by molar-refractivity contribution is 5.99. The van der Waals surface area contributed by atoms with Crippen molar-refractivity contribution in [2.24, 2.45) is 17.4 Å². The normalized spacial score (nSPS) is 15.3. The number of aromatic hydroxyl groups is 1. The van der Waals surface area contributed by atoms with E-state index in [1.54, 1.807) is 13.1 Å². The number of nitrogens with zero attached hydrogens (tertiary/aromatic N) is 1. The highest BCUT2D eigenvalue weighted by atomic mass is 16.4. The van der Waals surface area contributed by atoms with E-state index in [4.69, 9.17) is 16.6 Å². The molecule has 3 aromatic rings. The lowest BCUT2D eigenvalue weighted by Crippen LogP contribution is -2.58. The number of aromatic nitrogens is 1. The largest absolute Gasteiger partial charge is 0.508 e. The molecule has 16 N–H and O–H groups in total. The average Bonchev–Trinajstić information content (AvgIpc) is 4.18. The smallest absolute Gasteiger partial charge is 0.305 e. The molecule has 0 saturated carbocycles. The van der Waals surface area contributed by atoms with Crippen LogP contribution in [-0.4, -0.2) is 165 Å². The number of hydrogen-bond acceptors (Lipinski definition) is 14. The van der Waals surface area contributed by atoms with Gasteiger partial charge >= 0.3 is 11.9 Å². The molecule has 4 rings (SSSR count). The van der Waals surface area contributed by atoms with Gasteiger partial charge in [0, 0.05) is 42.5 Å². The third-order valence-corrected chi connectivity index (χ3v) is 14.6. The molecule has 2 aromatic carbocycles. The molecule has 466 valence electrons. The van der Waals surface area contributed by atoms with Crippen molar-refractivity contribution in [2.45, 2.75) is 172 Å². The van der Waals surface area contributed by atoms with Gasteiger partial charge in [-0.15, -0.1) is 0 Å². The Morgan fingerprint density at radius 3 is 1.93 bits per heavy atom. The zero-order chi connectivity index (χ0) is 62.6. The van der Waals surface area contributed by atoms with E-state index in [1.165, 1.54) is 24.3 Å². The van der Waals surface area contributed by atoms with Crippen molar-refractivity contribution in [1.82, 2.24) is 52.4 Å². The number of rotatable bonds is 38. The lowest BCUT2D eigenvalue weighted by atomic mass is 9.97.